The molecule has 0 spiro atoms. The molecule has 0 heterocycles. The summed E-state index contributed by atoms with van der Waals surface area (Å²) in [7, 11) is 0. The lowest BCUT2D eigenvalue weighted by atomic mass is 10.0. The Labute approximate surface area is 133 Å². The predicted molar refractivity (Wildman–Crippen MR) is 91.7 cm³/mol. The lowest BCUT2D eigenvalue weighted by Crippen LogP contribution is -2.36. The minimum Gasteiger partial charge on any atom is -0.328 e. The number of hydrogen-bond donors (Lipinski definition) is 0. The molecule has 0 fully saturated rings. The van der Waals surface area contributed by atoms with Crippen LogP contribution in [0.2, 0.25) is 0 Å². The normalized spacial score (nSPS) is 12.0. The van der Waals surface area contributed by atoms with Crippen molar-refractivity contribution in [2.75, 3.05) is 6.54 Å². The molecule has 1 atom stereocenters. The van der Waals surface area contributed by atoms with Crippen molar-refractivity contribution in [1.29, 1.82) is 0 Å². The fourth-order valence-corrected chi connectivity index (χ4v) is 2.56. The third-order valence-electron chi connectivity index (χ3n) is 3.54. The van der Waals surface area contributed by atoms with Gasteiger partial charge in [0.2, 0.25) is 0 Å². The number of carbonyl (C=O) groups is 1. The zero-order chi connectivity index (χ0) is 15.9. The molecule has 22 heavy (non-hydrogen) atoms. The Balaban J connectivity index is 2.36. The van der Waals surface area contributed by atoms with Crippen molar-refractivity contribution in [3.8, 4) is 0 Å². The van der Waals surface area contributed by atoms with E-state index in [1.807, 2.05) is 71.6 Å². The average Bonchev–Trinajstić information content (AvgIpc) is 2.55. The van der Waals surface area contributed by atoms with Crippen molar-refractivity contribution in [3.63, 3.8) is 0 Å². The molecule has 114 valence electrons. The van der Waals surface area contributed by atoms with Crippen LogP contribution in [0, 0.1) is 5.92 Å². The highest BCUT2D eigenvalue weighted by Crippen LogP contribution is 2.25. The number of benzene rings is 2. The molecule has 0 bridgehead atoms. The molecular weight excluding hydrogens is 270 g/mol. The Hall–Kier alpha value is -2.35. The van der Waals surface area contributed by atoms with E-state index in [1.165, 1.54) is 0 Å². The Bertz CT molecular complexity index is 604. The van der Waals surface area contributed by atoms with E-state index >= 15 is 0 Å². The van der Waals surface area contributed by atoms with Gasteiger partial charge in [-0.25, -0.2) is 0 Å². The molecule has 0 saturated carbocycles. The van der Waals surface area contributed by atoms with E-state index in [2.05, 4.69) is 20.4 Å². The fourth-order valence-electron chi connectivity index (χ4n) is 2.56. The van der Waals surface area contributed by atoms with Crippen LogP contribution in [-0.2, 0) is 0 Å². The van der Waals surface area contributed by atoms with Crippen molar-refractivity contribution in [2.24, 2.45) is 5.92 Å². The van der Waals surface area contributed by atoms with E-state index in [0.29, 0.717) is 18.0 Å². The van der Waals surface area contributed by atoms with Crippen LogP contribution in [-0.4, -0.2) is 17.4 Å². The molecule has 0 radical (unpaired) electrons. The minimum atomic E-state index is -0.115. The lowest BCUT2D eigenvalue weighted by molar-refractivity contribution is 0.0688. The van der Waals surface area contributed by atoms with Gasteiger partial charge in [-0.15, -0.1) is 6.58 Å². The molecule has 0 aliphatic rings. The largest absolute Gasteiger partial charge is 0.328 e. The van der Waals surface area contributed by atoms with E-state index in [-0.39, 0.29) is 11.9 Å². The Morgan fingerprint density at radius 1 is 1.05 bits per heavy atom. The summed E-state index contributed by atoms with van der Waals surface area (Å²) in [4.78, 5) is 14.8. The highest BCUT2D eigenvalue weighted by molar-refractivity contribution is 5.94. The maximum atomic E-state index is 12.9. The highest BCUT2D eigenvalue weighted by atomic mass is 16.2. The van der Waals surface area contributed by atoms with E-state index < -0.39 is 0 Å². The Morgan fingerprint density at radius 3 is 2.09 bits per heavy atom. The topological polar surface area (TPSA) is 20.3 Å². The molecular formula is C20H23NO. The first-order chi connectivity index (χ1) is 10.6. The molecule has 2 rings (SSSR count). The summed E-state index contributed by atoms with van der Waals surface area (Å²) in [6.45, 7) is 8.88. The third-order valence-corrected chi connectivity index (χ3v) is 3.54. The second kappa shape index (κ2) is 7.60. The Kier molecular flexibility index (Phi) is 5.54. The minimum absolute atomic E-state index is 0.0445. The highest BCUT2D eigenvalue weighted by Gasteiger charge is 2.24. The first-order valence-electron chi connectivity index (χ1n) is 7.67. The first-order valence-corrected chi connectivity index (χ1v) is 7.67. The third kappa shape index (κ3) is 3.85. The van der Waals surface area contributed by atoms with E-state index in [9.17, 15) is 4.79 Å². The monoisotopic (exact) mass is 293 g/mol. The van der Waals surface area contributed by atoms with Gasteiger partial charge in [0.1, 0.15) is 0 Å². The summed E-state index contributed by atoms with van der Waals surface area (Å²) in [6, 6.07) is 19.4. The summed E-state index contributed by atoms with van der Waals surface area (Å²) in [5.41, 5.74) is 1.80. The van der Waals surface area contributed by atoms with Gasteiger partial charge in [0.05, 0.1) is 6.04 Å². The van der Waals surface area contributed by atoms with Crippen LogP contribution in [0.1, 0.15) is 35.8 Å². The van der Waals surface area contributed by atoms with Crippen LogP contribution in [0.4, 0.5) is 0 Å². The summed E-state index contributed by atoms with van der Waals surface area (Å²) in [5, 5.41) is 0. The van der Waals surface area contributed by atoms with Crippen molar-refractivity contribution in [1.82, 2.24) is 4.90 Å². The maximum absolute atomic E-state index is 12.9. The maximum Gasteiger partial charge on any atom is 0.254 e. The van der Waals surface area contributed by atoms with Gasteiger partial charge in [-0.05, 0) is 23.6 Å². The van der Waals surface area contributed by atoms with Crippen molar-refractivity contribution in [3.05, 3.63) is 84.4 Å². The number of amides is 1. The van der Waals surface area contributed by atoms with Crippen LogP contribution in [0.25, 0.3) is 0 Å². The molecule has 0 aromatic heterocycles. The van der Waals surface area contributed by atoms with E-state index in [0.717, 1.165) is 5.56 Å². The molecule has 0 saturated heterocycles. The lowest BCUT2D eigenvalue weighted by Gasteiger charge is -2.31. The number of nitrogens with zero attached hydrogens (tertiary/aromatic N) is 1. The second-order valence-corrected chi connectivity index (χ2v) is 5.81. The summed E-state index contributed by atoms with van der Waals surface area (Å²) in [5.74, 6) is 0.432. The van der Waals surface area contributed by atoms with Crippen molar-refractivity contribution < 1.29 is 4.79 Å². The van der Waals surface area contributed by atoms with Crippen LogP contribution >= 0.6 is 0 Å². The van der Waals surface area contributed by atoms with Crippen LogP contribution in [0.5, 0.6) is 0 Å². The molecule has 0 unspecified atom stereocenters. The second-order valence-electron chi connectivity index (χ2n) is 5.81. The smallest absolute Gasteiger partial charge is 0.254 e. The molecule has 2 nitrogen and oxygen atoms in total. The molecule has 2 aromatic rings. The van der Waals surface area contributed by atoms with Gasteiger partial charge >= 0.3 is 0 Å². The van der Waals surface area contributed by atoms with Crippen LogP contribution in [0.15, 0.2) is 73.3 Å². The van der Waals surface area contributed by atoms with E-state index in [1.54, 1.807) is 0 Å². The predicted octanol–water partition coefficient (Wildman–Crippen LogP) is 4.71. The van der Waals surface area contributed by atoms with Crippen LogP contribution in [0.3, 0.4) is 0 Å². The SMILES string of the molecule is C=C[C@@H](c1ccccc1)N(CC(C)C)C(=O)c1ccccc1. The van der Waals surface area contributed by atoms with Gasteiger partial charge in [-0.1, -0.05) is 68.5 Å². The van der Waals surface area contributed by atoms with Gasteiger partial charge in [-0.2, -0.15) is 0 Å². The van der Waals surface area contributed by atoms with Gasteiger partial charge < -0.3 is 4.90 Å². The number of hydrogen-bond acceptors (Lipinski definition) is 1. The van der Waals surface area contributed by atoms with Gasteiger partial charge in [0, 0.05) is 12.1 Å². The molecule has 1 amide bonds. The fraction of sp³-hybridized carbons (Fsp3) is 0.250. The number of carbonyl (C=O) groups excluding carboxylic acids is 1. The molecule has 2 aromatic carbocycles. The molecule has 0 aliphatic heterocycles. The summed E-state index contributed by atoms with van der Waals surface area (Å²) < 4.78 is 0. The molecule has 0 aliphatic carbocycles. The zero-order valence-electron chi connectivity index (χ0n) is 13.3. The van der Waals surface area contributed by atoms with E-state index in [4.69, 9.17) is 0 Å². The van der Waals surface area contributed by atoms with Gasteiger partial charge in [0.25, 0.3) is 5.91 Å². The standard InChI is InChI=1S/C20H23NO/c1-4-19(17-11-7-5-8-12-17)21(15-16(2)3)20(22)18-13-9-6-10-14-18/h4-14,16,19H,1,15H2,2-3H3/t19-/m0/s1. The van der Waals surface area contributed by atoms with Crippen LogP contribution < -0.4 is 0 Å². The Morgan fingerprint density at radius 2 is 1.59 bits per heavy atom. The first kappa shape index (κ1) is 16.0. The van der Waals surface area contributed by atoms with Crippen molar-refractivity contribution >= 4 is 5.91 Å². The van der Waals surface area contributed by atoms with Gasteiger partial charge in [-0.3, -0.25) is 4.79 Å². The summed E-state index contributed by atoms with van der Waals surface area (Å²) in [6.07, 6.45) is 1.85. The average molecular weight is 293 g/mol. The van der Waals surface area contributed by atoms with Crippen molar-refractivity contribution in [2.45, 2.75) is 19.9 Å². The number of rotatable bonds is 6. The zero-order valence-corrected chi connectivity index (χ0v) is 13.3. The summed E-state index contributed by atoms with van der Waals surface area (Å²) >= 11 is 0. The molecule has 2 heteroatoms. The molecule has 0 N–H and O–H groups in total. The van der Waals surface area contributed by atoms with Gasteiger partial charge in [0.15, 0.2) is 0 Å². The quantitative estimate of drug-likeness (QED) is 0.706.